The van der Waals surface area contributed by atoms with Crippen LogP contribution in [0.2, 0.25) is 5.02 Å². The third-order valence-corrected chi connectivity index (χ3v) is 3.84. The Balaban J connectivity index is 1.84. The van der Waals surface area contributed by atoms with Crippen LogP contribution in [-0.4, -0.2) is 29.1 Å². The highest BCUT2D eigenvalue weighted by Crippen LogP contribution is 2.26. The first-order valence-electron chi connectivity index (χ1n) is 6.91. The minimum absolute atomic E-state index is 0.0935. The Labute approximate surface area is 128 Å². The van der Waals surface area contributed by atoms with Crippen molar-refractivity contribution in [2.24, 2.45) is 5.92 Å². The molecule has 114 valence electrons. The van der Waals surface area contributed by atoms with E-state index >= 15 is 0 Å². The zero-order valence-electron chi connectivity index (χ0n) is 11.7. The number of benzene rings is 1. The molecule has 1 amide bonds. The number of nitrogens with one attached hydrogen (secondary N) is 1. The van der Waals surface area contributed by atoms with Crippen molar-refractivity contribution in [2.45, 2.75) is 38.3 Å². The van der Waals surface area contributed by atoms with Crippen LogP contribution in [0.3, 0.4) is 0 Å². The largest absolute Gasteiger partial charge is 0.481 e. The maximum atomic E-state index is 12.0. The second-order valence-electron chi connectivity index (χ2n) is 5.27. The van der Waals surface area contributed by atoms with E-state index in [4.69, 9.17) is 21.4 Å². The molecular formula is C15H18ClNO4. The Morgan fingerprint density at radius 2 is 2.19 bits per heavy atom. The molecule has 0 bridgehead atoms. The second kappa shape index (κ2) is 6.80. The van der Waals surface area contributed by atoms with E-state index in [1.54, 1.807) is 31.2 Å². The van der Waals surface area contributed by atoms with Crippen LogP contribution in [0.15, 0.2) is 24.3 Å². The van der Waals surface area contributed by atoms with E-state index in [1.807, 2.05) is 0 Å². The van der Waals surface area contributed by atoms with Gasteiger partial charge in [-0.05, 0) is 44.4 Å². The highest BCUT2D eigenvalue weighted by molar-refractivity contribution is 6.30. The number of ether oxygens (including phenoxy) is 1. The fourth-order valence-electron chi connectivity index (χ4n) is 2.45. The van der Waals surface area contributed by atoms with Crippen LogP contribution in [0.25, 0.3) is 0 Å². The molecule has 0 spiro atoms. The van der Waals surface area contributed by atoms with E-state index in [0.29, 0.717) is 30.0 Å². The van der Waals surface area contributed by atoms with Gasteiger partial charge in [0, 0.05) is 11.1 Å². The van der Waals surface area contributed by atoms with Crippen molar-refractivity contribution in [3.63, 3.8) is 0 Å². The van der Waals surface area contributed by atoms with Crippen LogP contribution in [0.4, 0.5) is 0 Å². The van der Waals surface area contributed by atoms with Crippen molar-refractivity contribution in [1.82, 2.24) is 5.32 Å². The van der Waals surface area contributed by atoms with Crippen LogP contribution in [0.1, 0.15) is 26.2 Å². The summed E-state index contributed by atoms with van der Waals surface area (Å²) in [5, 5.41) is 12.3. The Kier molecular flexibility index (Phi) is 5.07. The molecule has 2 rings (SSSR count). The lowest BCUT2D eigenvalue weighted by Crippen LogP contribution is -2.41. The lowest BCUT2D eigenvalue weighted by atomic mass is 10.1. The Morgan fingerprint density at radius 1 is 1.43 bits per heavy atom. The number of aliphatic carboxylic acids is 1. The van der Waals surface area contributed by atoms with Crippen LogP contribution in [0.5, 0.6) is 5.75 Å². The van der Waals surface area contributed by atoms with Gasteiger partial charge in [0.15, 0.2) is 6.10 Å². The number of carboxylic acids is 1. The van der Waals surface area contributed by atoms with Crippen molar-refractivity contribution in [3.8, 4) is 5.75 Å². The number of amides is 1. The molecule has 0 radical (unpaired) electrons. The van der Waals surface area contributed by atoms with Crippen molar-refractivity contribution < 1.29 is 19.4 Å². The number of rotatable bonds is 5. The Bertz CT molecular complexity index is 534. The number of carboxylic acid groups (broad SMARTS) is 1. The van der Waals surface area contributed by atoms with Gasteiger partial charge in [-0.2, -0.15) is 0 Å². The highest BCUT2D eigenvalue weighted by Gasteiger charge is 2.31. The van der Waals surface area contributed by atoms with E-state index in [-0.39, 0.29) is 17.9 Å². The SMILES string of the molecule is CC(Oc1cccc(Cl)c1)C(=O)N[C@H]1CC[C@@H](C(=O)O)C1. The highest BCUT2D eigenvalue weighted by atomic mass is 35.5. The van der Waals surface area contributed by atoms with Crippen LogP contribution >= 0.6 is 11.6 Å². The zero-order chi connectivity index (χ0) is 15.4. The fraction of sp³-hybridized carbons (Fsp3) is 0.467. The first-order valence-corrected chi connectivity index (χ1v) is 7.29. The molecule has 0 heterocycles. The second-order valence-corrected chi connectivity index (χ2v) is 5.71. The normalized spacial score (nSPS) is 22.6. The molecule has 1 fully saturated rings. The minimum atomic E-state index is -0.796. The Morgan fingerprint density at radius 3 is 2.81 bits per heavy atom. The zero-order valence-corrected chi connectivity index (χ0v) is 12.5. The molecule has 21 heavy (non-hydrogen) atoms. The summed E-state index contributed by atoms with van der Waals surface area (Å²) in [5.74, 6) is -0.875. The lowest BCUT2D eigenvalue weighted by molar-refractivity contribution is -0.141. The molecule has 0 saturated heterocycles. The van der Waals surface area contributed by atoms with Crippen molar-refractivity contribution >= 4 is 23.5 Å². The van der Waals surface area contributed by atoms with Crippen molar-refractivity contribution in [3.05, 3.63) is 29.3 Å². The van der Waals surface area contributed by atoms with Gasteiger partial charge in [-0.1, -0.05) is 17.7 Å². The molecule has 1 aliphatic carbocycles. The van der Waals surface area contributed by atoms with Gasteiger partial charge in [0.05, 0.1) is 5.92 Å². The summed E-state index contributed by atoms with van der Waals surface area (Å²) in [7, 11) is 0. The third kappa shape index (κ3) is 4.36. The molecule has 1 aromatic carbocycles. The average molecular weight is 312 g/mol. The van der Waals surface area contributed by atoms with Crippen molar-refractivity contribution in [1.29, 1.82) is 0 Å². The molecule has 0 aliphatic heterocycles. The van der Waals surface area contributed by atoms with Crippen molar-refractivity contribution in [2.75, 3.05) is 0 Å². The third-order valence-electron chi connectivity index (χ3n) is 3.61. The molecule has 0 aromatic heterocycles. The predicted molar refractivity (Wildman–Crippen MR) is 78.4 cm³/mol. The molecule has 1 saturated carbocycles. The molecular weight excluding hydrogens is 294 g/mol. The van der Waals surface area contributed by atoms with E-state index in [9.17, 15) is 9.59 Å². The van der Waals surface area contributed by atoms with Gasteiger partial charge in [-0.15, -0.1) is 0 Å². The average Bonchev–Trinajstić information content (AvgIpc) is 2.87. The summed E-state index contributed by atoms with van der Waals surface area (Å²) < 4.78 is 5.53. The summed E-state index contributed by atoms with van der Waals surface area (Å²) in [5.41, 5.74) is 0. The first kappa shape index (κ1) is 15.6. The Hall–Kier alpha value is -1.75. The van der Waals surface area contributed by atoms with Gasteiger partial charge in [0.1, 0.15) is 5.75 Å². The standard InChI is InChI=1S/C15H18ClNO4/c1-9(21-13-4-2-3-11(16)8-13)14(18)17-12-6-5-10(7-12)15(19)20/h2-4,8-10,12H,5-7H2,1H3,(H,17,18)(H,19,20)/t9?,10-,12+/m1/s1. The topological polar surface area (TPSA) is 75.6 Å². The van der Waals surface area contributed by atoms with E-state index in [2.05, 4.69) is 5.32 Å². The summed E-state index contributed by atoms with van der Waals surface area (Å²) >= 11 is 5.85. The number of hydrogen-bond acceptors (Lipinski definition) is 3. The maximum Gasteiger partial charge on any atom is 0.306 e. The molecule has 1 unspecified atom stereocenters. The monoisotopic (exact) mass is 311 g/mol. The van der Waals surface area contributed by atoms with Gasteiger partial charge in [-0.3, -0.25) is 9.59 Å². The van der Waals surface area contributed by atoms with Gasteiger partial charge in [-0.25, -0.2) is 0 Å². The number of halogens is 1. The first-order chi connectivity index (χ1) is 9.95. The molecule has 3 atom stereocenters. The van der Waals surface area contributed by atoms with E-state index < -0.39 is 12.1 Å². The maximum absolute atomic E-state index is 12.0. The minimum Gasteiger partial charge on any atom is -0.481 e. The fourth-order valence-corrected chi connectivity index (χ4v) is 2.63. The summed E-state index contributed by atoms with van der Waals surface area (Å²) in [6.45, 7) is 1.65. The molecule has 1 aliphatic rings. The summed E-state index contributed by atoms with van der Waals surface area (Å²) in [6, 6.07) is 6.75. The number of hydrogen-bond donors (Lipinski definition) is 2. The van der Waals surface area contributed by atoms with E-state index in [0.717, 1.165) is 0 Å². The predicted octanol–water partition coefficient (Wildman–Crippen LogP) is 2.48. The van der Waals surface area contributed by atoms with Gasteiger partial charge in [0.2, 0.25) is 0 Å². The molecule has 6 heteroatoms. The van der Waals surface area contributed by atoms with E-state index in [1.165, 1.54) is 0 Å². The quantitative estimate of drug-likeness (QED) is 0.876. The van der Waals surface area contributed by atoms with Gasteiger partial charge in [0.25, 0.3) is 5.91 Å². The number of carbonyl (C=O) groups is 2. The van der Waals surface area contributed by atoms with Crippen LogP contribution in [-0.2, 0) is 9.59 Å². The summed E-state index contributed by atoms with van der Waals surface area (Å²) in [4.78, 5) is 22.9. The molecule has 5 nitrogen and oxygen atoms in total. The van der Waals surface area contributed by atoms with Crippen LogP contribution in [0, 0.1) is 5.92 Å². The van der Waals surface area contributed by atoms with Gasteiger partial charge >= 0.3 is 5.97 Å². The summed E-state index contributed by atoms with van der Waals surface area (Å²) in [6.07, 6.45) is 1.11. The number of carbonyl (C=O) groups excluding carboxylic acids is 1. The van der Waals surface area contributed by atoms with Gasteiger partial charge < -0.3 is 15.2 Å². The molecule has 2 N–H and O–H groups in total. The van der Waals surface area contributed by atoms with Crippen LogP contribution < -0.4 is 10.1 Å². The smallest absolute Gasteiger partial charge is 0.306 e. The molecule has 1 aromatic rings. The lowest BCUT2D eigenvalue weighted by Gasteiger charge is -2.18.